The van der Waals surface area contributed by atoms with Crippen LogP contribution in [-0.2, 0) is 6.54 Å². The molecule has 3 aromatic rings. The van der Waals surface area contributed by atoms with Crippen LogP contribution in [0.15, 0.2) is 53.1 Å². The molecule has 1 aromatic heterocycles. The molecule has 6 heteroatoms. The Bertz CT molecular complexity index is 873. The van der Waals surface area contributed by atoms with E-state index in [-0.39, 0.29) is 0 Å². The van der Waals surface area contributed by atoms with E-state index in [1.54, 1.807) is 0 Å². The predicted octanol–water partition coefficient (Wildman–Crippen LogP) is 4.02. The lowest BCUT2D eigenvalue weighted by Crippen LogP contribution is -2.46. The highest BCUT2D eigenvalue weighted by atomic mass is 35.5. The maximum Gasteiger partial charge on any atom is 0.241 e. The molecular formula is C20H21ClN4O. The van der Waals surface area contributed by atoms with Gasteiger partial charge in [0.25, 0.3) is 0 Å². The molecule has 0 radical (unpaired) electrons. The lowest BCUT2D eigenvalue weighted by Gasteiger charge is -2.36. The Morgan fingerprint density at radius 3 is 2.58 bits per heavy atom. The van der Waals surface area contributed by atoms with Gasteiger partial charge < -0.3 is 9.42 Å². The Hall–Kier alpha value is -2.37. The number of halogens is 1. The zero-order chi connectivity index (χ0) is 17.9. The zero-order valence-corrected chi connectivity index (χ0v) is 15.5. The van der Waals surface area contributed by atoms with E-state index in [0.29, 0.717) is 18.3 Å². The summed E-state index contributed by atoms with van der Waals surface area (Å²) in [5.74, 6) is 1.31. The van der Waals surface area contributed by atoms with Crippen LogP contribution in [0, 0.1) is 6.92 Å². The molecule has 0 unspecified atom stereocenters. The highest BCUT2D eigenvalue weighted by molar-refractivity contribution is 6.30. The second-order valence-electron chi connectivity index (χ2n) is 6.57. The Morgan fingerprint density at radius 2 is 1.81 bits per heavy atom. The number of anilines is 1. The summed E-state index contributed by atoms with van der Waals surface area (Å²) in [6, 6.07) is 16.0. The van der Waals surface area contributed by atoms with Gasteiger partial charge in [0.1, 0.15) is 0 Å². The Balaban J connectivity index is 1.37. The van der Waals surface area contributed by atoms with Gasteiger partial charge in [-0.1, -0.05) is 53.2 Å². The molecule has 1 saturated heterocycles. The molecule has 1 aliphatic heterocycles. The van der Waals surface area contributed by atoms with E-state index in [9.17, 15) is 0 Å². The Kier molecular flexibility index (Phi) is 4.91. The Morgan fingerprint density at radius 1 is 1.04 bits per heavy atom. The summed E-state index contributed by atoms with van der Waals surface area (Å²) in [7, 11) is 0. The van der Waals surface area contributed by atoms with Gasteiger partial charge >= 0.3 is 0 Å². The summed E-state index contributed by atoms with van der Waals surface area (Å²) in [5, 5.41) is 4.88. The molecule has 0 amide bonds. The van der Waals surface area contributed by atoms with E-state index >= 15 is 0 Å². The molecule has 1 aliphatic rings. The summed E-state index contributed by atoms with van der Waals surface area (Å²) in [6.07, 6.45) is 0. The van der Waals surface area contributed by atoms with Gasteiger partial charge in [-0.2, -0.15) is 4.98 Å². The van der Waals surface area contributed by atoms with Crippen molar-refractivity contribution in [2.45, 2.75) is 13.5 Å². The monoisotopic (exact) mass is 368 g/mol. The van der Waals surface area contributed by atoms with Crippen molar-refractivity contribution in [3.05, 3.63) is 65.0 Å². The minimum Gasteiger partial charge on any atom is -0.369 e. The third-order valence-corrected chi connectivity index (χ3v) is 4.98. The molecule has 0 atom stereocenters. The van der Waals surface area contributed by atoms with Crippen LogP contribution < -0.4 is 4.90 Å². The van der Waals surface area contributed by atoms with Crippen molar-refractivity contribution in [3.63, 3.8) is 0 Å². The molecule has 0 N–H and O–H groups in total. The molecule has 26 heavy (non-hydrogen) atoms. The number of benzene rings is 2. The highest BCUT2D eigenvalue weighted by Crippen LogP contribution is 2.25. The van der Waals surface area contributed by atoms with Gasteiger partial charge in [0.2, 0.25) is 11.7 Å². The van der Waals surface area contributed by atoms with Crippen LogP contribution in [-0.4, -0.2) is 41.2 Å². The summed E-state index contributed by atoms with van der Waals surface area (Å²) < 4.78 is 5.43. The quantitative estimate of drug-likeness (QED) is 0.696. The Labute approximate surface area is 158 Å². The third kappa shape index (κ3) is 3.74. The first-order chi connectivity index (χ1) is 12.7. The van der Waals surface area contributed by atoms with Crippen molar-refractivity contribution in [1.82, 2.24) is 15.0 Å². The molecule has 0 bridgehead atoms. The summed E-state index contributed by atoms with van der Waals surface area (Å²) in [4.78, 5) is 9.26. The first-order valence-electron chi connectivity index (χ1n) is 8.80. The van der Waals surface area contributed by atoms with Gasteiger partial charge in [-0.15, -0.1) is 0 Å². The van der Waals surface area contributed by atoms with Crippen molar-refractivity contribution in [2.24, 2.45) is 0 Å². The highest BCUT2D eigenvalue weighted by Gasteiger charge is 2.20. The normalized spacial score (nSPS) is 15.4. The van der Waals surface area contributed by atoms with Crippen LogP contribution in [0.2, 0.25) is 5.02 Å². The number of nitrogens with zero attached hydrogens (tertiary/aromatic N) is 4. The van der Waals surface area contributed by atoms with Crippen molar-refractivity contribution in [1.29, 1.82) is 0 Å². The topological polar surface area (TPSA) is 45.4 Å². The van der Waals surface area contributed by atoms with E-state index in [1.165, 1.54) is 11.3 Å². The predicted molar refractivity (Wildman–Crippen MR) is 103 cm³/mol. The van der Waals surface area contributed by atoms with Crippen LogP contribution in [0.3, 0.4) is 0 Å². The fourth-order valence-electron chi connectivity index (χ4n) is 3.28. The van der Waals surface area contributed by atoms with E-state index in [4.69, 9.17) is 16.1 Å². The van der Waals surface area contributed by atoms with Gasteiger partial charge in [0.15, 0.2) is 0 Å². The van der Waals surface area contributed by atoms with Crippen LogP contribution in [0.5, 0.6) is 0 Å². The summed E-state index contributed by atoms with van der Waals surface area (Å²) in [6.45, 7) is 6.63. The average molecular weight is 369 g/mol. The van der Waals surface area contributed by atoms with Crippen molar-refractivity contribution >= 4 is 17.3 Å². The molecule has 4 rings (SSSR count). The number of aromatic nitrogens is 2. The van der Waals surface area contributed by atoms with Crippen LogP contribution >= 0.6 is 11.6 Å². The molecule has 0 saturated carbocycles. The molecule has 0 aliphatic carbocycles. The van der Waals surface area contributed by atoms with Crippen LogP contribution in [0.25, 0.3) is 11.4 Å². The van der Waals surface area contributed by atoms with Gasteiger partial charge in [-0.25, -0.2) is 0 Å². The second-order valence-corrected chi connectivity index (χ2v) is 7.01. The molecule has 0 spiro atoms. The smallest absolute Gasteiger partial charge is 0.241 e. The maximum absolute atomic E-state index is 6.16. The molecule has 2 aromatic carbocycles. The third-order valence-electron chi connectivity index (χ3n) is 4.74. The molecule has 2 heterocycles. The fourth-order valence-corrected chi connectivity index (χ4v) is 3.45. The van der Waals surface area contributed by atoms with Crippen molar-refractivity contribution < 1.29 is 4.52 Å². The summed E-state index contributed by atoms with van der Waals surface area (Å²) >= 11 is 6.16. The summed E-state index contributed by atoms with van der Waals surface area (Å²) in [5.41, 5.74) is 3.46. The molecular weight excluding hydrogens is 348 g/mol. The lowest BCUT2D eigenvalue weighted by molar-refractivity contribution is 0.215. The second kappa shape index (κ2) is 7.48. The number of hydrogen-bond acceptors (Lipinski definition) is 5. The zero-order valence-electron chi connectivity index (χ0n) is 14.7. The van der Waals surface area contributed by atoms with Crippen molar-refractivity contribution in [2.75, 3.05) is 31.1 Å². The van der Waals surface area contributed by atoms with E-state index in [1.807, 2.05) is 36.4 Å². The minimum absolute atomic E-state index is 0.647. The van der Waals surface area contributed by atoms with Gasteiger partial charge in [-0.05, 0) is 24.6 Å². The average Bonchev–Trinajstić information content (AvgIpc) is 3.14. The van der Waals surface area contributed by atoms with Crippen molar-refractivity contribution in [3.8, 4) is 11.4 Å². The number of aryl methyl sites for hydroxylation is 1. The lowest BCUT2D eigenvalue weighted by atomic mass is 10.1. The first-order valence-corrected chi connectivity index (χ1v) is 9.18. The van der Waals surface area contributed by atoms with E-state index < -0.39 is 0 Å². The van der Waals surface area contributed by atoms with E-state index in [0.717, 1.165) is 36.8 Å². The van der Waals surface area contributed by atoms with Gasteiger partial charge in [0.05, 0.1) is 6.54 Å². The number of piperazine rings is 1. The van der Waals surface area contributed by atoms with Gasteiger partial charge in [0, 0.05) is 42.5 Å². The number of hydrogen-bond donors (Lipinski definition) is 0. The molecule has 1 fully saturated rings. The molecule has 5 nitrogen and oxygen atoms in total. The van der Waals surface area contributed by atoms with E-state index in [2.05, 4.69) is 39.0 Å². The largest absolute Gasteiger partial charge is 0.369 e. The van der Waals surface area contributed by atoms with Crippen LogP contribution in [0.4, 0.5) is 5.69 Å². The first kappa shape index (κ1) is 17.1. The standard InChI is InChI=1S/C20H21ClN4O/c1-15-7-8-17(21)13-18(15)25-11-9-24(10-12-25)14-19-22-20(23-26-19)16-5-3-2-4-6-16/h2-8,13H,9-12,14H2,1H3. The fraction of sp³-hybridized carbons (Fsp3) is 0.300. The SMILES string of the molecule is Cc1ccc(Cl)cc1N1CCN(Cc2nc(-c3ccccc3)no2)CC1. The van der Waals surface area contributed by atoms with Crippen LogP contribution in [0.1, 0.15) is 11.5 Å². The minimum atomic E-state index is 0.647. The maximum atomic E-state index is 6.16. The number of rotatable bonds is 4. The van der Waals surface area contributed by atoms with Gasteiger partial charge in [-0.3, -0.25) is 4.90 Å². The molecule has 134 valence electrons.